The van der Waals surface area contributed by atoms with Gasteiger partial charge in [0.05, 0.1) is 14.1 Å². The van der Waals surface area contributed by atoms with E-state index in [0.29, 0.717) is 0 Å². The van der Waals surface area contributed by atoms with E-state index in [-0.39, 0.29) is 12.4 Å². The molecule has 0 aromatic heterocycles. The maximum atomic E-state index is 4.51. The monoisotopic (exact) mass is 125 g/mol. The van der Waals surface area contributed by atoms with Gasteiger partial charge in [0.15, 0.2) is 5.49 Å². The van der Waals surface area contributed by atoms with Gasteiger partial charge in [0.1, 0.15) is 0 Å². The lowest BCUT2D eigenvalue weighted by atomic mass is 11.0. The second kappa shape index (κ2) is 5.34. The minimum Gasteiger partial charge on any atom is -1.00 e. The first-order valence-corrected chi connectivity index (χ1v) is 2.00. The first-order chi connectivity index (χ1) is 2.27. The Morgan fingerprint density at radius 3 is 1.67 bits per heavy atom. The van der Waals surface area contributed by atoms with Crippen LogP contribution in [0.3, 0.4) is 0 Å². The van der Waals surface area contributed by atoms with Crippen molar-refractivity contribution in [3.63, 3.8) is 0 Å². The quantitative estimate of drug-likeness (QED) is 0.351. The summed E-state index contributed by atoms with van der Waals surface area (Å²) in [4.78, 5) is 1.19. The minimum absolute atomic E-state index is 0. The Morgan fingerprint density at radius 2 is 1.67 bits per heavy atom. The Bertz CT molecular complexity index is 37.8. The van der Waals surface area contributed by atoms with Crippen LogP contribution >= 0.6 is 12.2 Å². The summed E-state index contributed by atoms with van der Waals surface area (Å²) in [6, 6.07) is 0. The number of hydrogen-bond donors (Lipinski definition) is 1. The van der Waals surface area contributed by atoms with E-state index in [0.717, 1.165) is 0 Å². The fraction of sp³-hybridized carbons (Fsp3) is 0.667. The smallest absolute Gasteiger partial charge is 0.159 e. The van der Waals surface area contributed by atoms with E-state index in [9.17, 15) is 0 Å². The van der Waals surface area contributed by atoms with Crippen LogP contribution in [0.5, 0.6) is 0 Å². The van der Waals surface area contributed by atoms with Gasteiger partial charge in [-0.1, -0.05) is 0 Å². The molecule has 0 radical (unpaired) electrons. The first-order valence-electron chi connectivity index (χ1n) is 1.52. The van der Waals surface area contributed by atoms with Crippen molar-refractivity contribution in [2.75, 3.05) is 14.1 Å². The average molecular weight is 126 g/mol. The van der Waals surface area contributed by atoms with Crippen LogP contribution in [-0.2, 0) is 0 Å². The Kier molecular flexibility index (Phi) is 8.54. The molecule has 0 amide bonds. The molecule has 1 N–H and O–H groups in total. The van der Waals surface area contributed by atoms with Gasteiger partial charge in [0.2, 0.25) is 0 Å². The molecule has 0 atom stereocenters. The Morgan fingerprint density at radius 1 is 1.50 bits per heavy atom. The zero-order chi connectivity index (χ0) is 4.28. The summed E-state index contributed by atoms with van der Waals surface area (Å²) in [6.07, 6.45) is 0. The molecule has 38 valence electrons. The number of quaternary nitrogens is 1. The van der Waals surface area contributed by atoms with Crippen molar-refractivity contribution in [1.29, 1.82) is 0 Å². The van der Waals surface area contributed by atoms with Crippen molar-refractivity contribution in [2.45, 2.75) is 0 Å². The molecule has 0 rings (SSSR count). The van der Waals surface area contributed by atoms with Crippen LogP contribution in [0.15, 0.2) is 0 Å². The molecule has 1 nitrogen and oxygen atoms in total. The van der Waals surface area contributed by atoms with E-state index < -0.39 is 0 Å². The van der Waals surface area contributed by atoms with Crippen LogP contribution < -0.4 is 17.3 Å². The molecule has 0 unspecified atom stereocenters. The number of thiocarbonyl (C=S) groups is 1. The molecule has 0 spiro atoms. The highest BCUT2D eigenvalue weighted by Gasteiger charge is 1.71. The molecule has 0 saturated heterocycles. The number of rotatable bonds is 1. The lowest BCUT2D eigenvalue weighted by Gasteiger charge is -1.89. The first kappa shape index (κ1) is 9.60. The highest BCUT2D eigenvalue weighted by atomic mass is 35.5. The van der Waals surface area contributed by atoms with E-state index in [1.165, 1.54) is 4.90 Å². The largest absolute Gasteiger partial charge is 1.00 e. The highest BCUT2D eigenvalue weighted by molar-refractivity contribution is 7.78. The second-order valence-electron chi connectivity index (χ2n) is 1.20. The third kappa shape index (κ3) is 8.84. The molecule has 0 saturated carbocycles. The van der Waals surface area contributed by atoms with Gasteiger partial charge in [-0.3, -0.25) is 0 Å². The number of halogens is 1. The Balaban J connectivity index is 0. The third-order valence-corrected chi connectivity index (χ3v) is 0.707. The number of hydrogen-bond acceptors (Lipinski definition) is 1. The van der Waals surface area contributed by atoms with Crippen molar-refractivity contribution < 1.29 is 17.3 Å². The van der Waals surface area contributed by atoms with Gasteiger partial charge in [-0.15, -0.1) is 0 Å². The molecule has 0 heterocycles. The molecule has 0 aliphatic heterocycles. The second-order valence-corrected chi connectivity index (χ2v) is 1.43. The normalized spacial score (nSPS) is 7.17. The van der Waals surface area contributed by atoms with Crippen LogP contribution in [0.2, 0.25) is 0 Å². The van der Waals surface area contributed by atoms with Crippen molar-refractivity contribution in [3.05, 3.63) is 0 Å². The molecular formula is C3H8ClNS. The van der Waals surface area contributed by atoms with Crippen molar-refractivity contribution in [2.24, 2.45) is 0 Å². The zero-order valence-corrected chi connectivity index (χ0v) is 5.44. The summed E-state index contributed by atoms with van der Waals surface area (Å²) in [5.41, 5.74) is 1.67. The van der Waals surface area contributed by atoms with Gasteiger partial charge in [-0.2, -0.15) is 0 Å². The molecule has 0 bridgehead atoms. The van der Waals surface area contributed by atoms with E-state index in [2.05, 4.69) is 12.2 Å². The van der Waals surface area contributed by atoms with Gasteiger partial charge < -0.3 is 17.3 Å². The summed E-state index contributed by atoms with van der Waals surface area (Å²) >= 11 is 4.51. The van der Waals surface area contributed by atoms with Gasteiger partial charge in [-0.25, -0.2) is 0 Å². The molecule has 0 aliphatic rings. The summed E-state index contributed by atoms with van der Waals surface area (Å²) in [5, 5.41) is 0. The van der Waals surface area contributed by atoms with E-state index in [4.69, 9.17) is 0 Å². The van der Waals surface area contributed by atoms with Gasteiger partial charge in [0.25, 0.3) is 0 Å². The zero-order valence-electron chi connectivity index (χ0n) is 3.86. The fourth-order valence-corrected chi connectivity index (χ4v) is 0. The minimum atomic E-state index is 0. The van der Waals surface area contributed by atoms with Gasteiger partial charge in [0, 0.05) is 0 Å². The summed E-state index contributed by atoms with van der Waals surface area (Å²) in [6.45, 7) is 0. The summed E-state index contributed by atoms with van der Waals surface area (Å²) in [7, 11) is 3.96. The standard InChI is InChI=1S/C3H7NS.ClH/c1-4(2)3-5;/h3H,1-2H3;1H. The maximum Gasteiger partial charge on any atom is 0.159 e. The van der Waals surface area contributed by atoms with E-state index in [1.54, 1.807) is 5.49 Å². The molecule has 0 aromatic carbocycles. The van der Waals surface area contributed by atoms with Crippen LogP contribution in [0, 0.1) is 0 Å². The Labute approximate surface area is 49.7 Å². The SMILES string of the molecule is C[NH+](C)C=S.[Cl-]. The van der Waals surface area contributed by atoms with Gasteiger partial charge in [-0.05, 0) is 12.2 Å². The predicted molar refractivity (Wildman–Crippen MR) is 26.5 cm³/mol. The third-order valence-electron chi connectivity index (χ3n) is 0.236. The summed E-state index contributed by atoms with van der Waals surface area (Å²) < 4.78 is 0. The molecular weight excluding hydrogens is 118 g/mol. The van der Waals surface area contributed by atoms with Crippen molar-refractivity contribution in [3.8, 4) is 0 Å². The van der Waals surface area contributed by atoms with Crippen LogP contribution in [0.25, 0.3) is 0 Å². The van der Waals surface area contributed by atoms with Gasteiger partial charge >= 0.3 is 0 Å². The van der Waals surface area contributed by atoms with E-state index in [1.807, 2.05) is 14.1 Å². The molecule has 6 heavy (non-hydrogen) atoms. The maximum absolute atomic E-state index is 4.51. The molecule has 0 aromatic rings. The van der Waals surface area contributed by atoms with Crippen molar-refractivity contribution >= 4 is 17.7 Å². The molecule has 0 fully saturated rings. The van der Waals surface area contributed by atoms with Crippen LogP contribution in [0.4, 0.5) is 0 Å². The predicted octanol–water partition coefficient (Wildman–Crippen LogP) is -3.91. The molecule has 0 aliphatic carbocycles. The molecule has 3 heteroatoms. The van der Waals surface area contributed by atoms with Crippen LogP contribution in [0.1, 0.15) is 0 Å². The topological polar surface area (TPSA) is 4.44 Å². The lowest BCUT2D eigenvalue weighted by molar-refractivity contribution is -0.747. The van der Waals surface area contributed by atoms with Crippen LogP contribution in [-0.4, -0.2) is 19.6 Å². The summed E-state index contributed by atoms with van der Waals surface area (Å²) in [5.74, 6) is 0. The fourth-order valence-electron chi connectivity index (χ4n) is 0. The van der Waals surface area contributed by atoms with Crippen molar-refractivity contribution in [1.82, 2.24) is 0 Å². The number of nitrogens with one attached hydrogen (secondary N) is 1. The highest BCUT2D eigenvalue weighted by Crippen LogP contribution is 1.20. The Hall–Kier alpha value is 0.340. The van der Waals surface area contributed by atoms with E-state index >= 15 is 0 Å². The average Bonchev–Trinajstić information content (AvgIpc) is 1.38. The lowest BCUT2D eigenvalue weighted by Crippen LogP contribution is -3.04.